The molecular formula is C24H17ClO4. The van der Waals surface area contributed by atoms with Gasteiger partial charge in [-0.2, -0.15) is 0 Å². The predicted octanol–water partition coefficient (Wildman–Crippen LogP) is 5.57. The highest BCUT2D eigenvalue weighted by Gasteiger charge is 2.15. The van der Waals surface area contributed by atoms with Crippen LogP contribution in [0, 0.1) is 6.92 Å². The molecular weight excluding hydrogens is 388 g/mol. The van der Waals surface area contributed by atoms with E-state index in [1.807, 2.05) is 30.3 Å². The lowest BCUT2D eigenvalue weighted by atomic mass is 10.0. The van der Waals surface area contributed by atoms with Crippen LogP contribution >= 0.6 is 11.6 Å². The number of carbonyl (C=O) groups is 1. The standard InChI is InChI=1S/C24H17ClO4/c1-15-23(17-5-3-2-4-6-17)24(27)20-12-11-19(14-21(20)28-15)29-22(26)13-16-7-9-18(25)10-8-16/h2-12,14H,13H2,1H3. The van der Waals surface area contributed by atoms with E-state index in [2.05, 4.69) is 0 Å². The topological polar surface area (TPSA) is 56.5 Å². The molecule has 0 aliphatic carbocycles. The molecule has 1 aromatic heterocycles. The highest BCUT2D eigenvalue weighted by molar-refractivity contribution is 6.30. The molecule has 144 valence electrons. The van der Waals surface area contributed by atoms with Crippen LogP contribution in [0.1, 0.15) is 11.3 Å². The van der Waals surface area contributed by atoms with Crippen LogP contribution in [0.5, 0.6) is 5.75 Å². The first-order valence-corrected chi connectivity index (χ1v) is 9.47. The Hall–Kier alpha value is -3.37. The maximum absolute atomic E-state index is 13.0. The number of esters is 1. The Morgan fingerprint density at radius 3 is 2.45 bits per heavy atom. The zero-order valence-corrected chi connectivity index (χ0v) is 16.4. The number of ether oxygens (including phenoxy) is 1. The van der Waals surface area contributed by atoms with Crippen molar-refractivity contribution in [2.45, 2.75) is 13.3 Å². The van der Waals surface area contributed by atoms with Gasteiger partial charge < -0.3 is 9.15 Å². The second-order valence-electron chi connectivity index (χ2n) is 6.66. The molecule has 29 heavy (non-hydrogen) atoms. The Balaban J connectivity index is 1.62. The van der Waals surface area contributed by atoms with Gasteiger partial charge in [-0.3, -0.25) is 9.59 Å². The molecule has 4 rings (SSSR count). The molecule has 3 aromatic carbocycles. The molecule has 4 aromatic rings. The van der Waals surface area contributed by atoms with Crippen molar-refractivity contribution >= 4 is 28.5 Å². The molecule has 4 nitrogen and oxygen atoms in total. The highest BCUT2D eigenvalue weighted by atomic mass is 35.5. The first kappa shape index (κ1) is 19.0. The normalized spacial score (nSPS) is 10.8. The minimum Gasteiger partial charge on any atom is -0.460 e. The van der Waals surface area contributed by atoms with Crippen molar-refractivity contribution in [3.8, 4) is 16.9 Å². The van der Waals surface area contributed by atoms with Gasteiger partial charge in [-0.25, -0.2) is 0 Å². The molecule has 0 amide bonds. The fourth-order valence-electron chi connectivity index (χ4n) is 3.22. The minimum atomic E-state index is -0.411. The number of carbonyl (C=O) groups excluding carboxylic acids is 1. The van der Waals surface area contributed by atoms with E-state index in [0.717, 1.165) is 11.1 Å². The monoisotopic (exact) mass is 404 g/mol. The van der Waals surface area contributed by atoms with Crippen LogP contribution in [-0.2, 0) is 11.2 Å². The van der Waals surface area contributed by atoms with Gasteiger partial charge in [0.25, 0.3) is 0 Å². The largest absolute Gasteiger partial charge is 0.460 e. The average molecular weight is 405 g/mol. The lowest BCUT2D eigenvalue weighted by Crippen LogP contribution is -2.12. The second-order valence-corrected chi connectivity index (χ2v) is 7.10. The summed E-state index contributed by atoms with van der Waals surface area (Å²) in [5.74, 6) is 0.427. The molecule has 0 aliphatic rings. The maximum Gasteiger partial charge on any atom is 0.315 e. The van der Waals surface area contributed by atoms with Crippen LogP contribution in [0.3, 0.4) is 0 Å². The van der Waals surface area contributed by atoms with E-state index in [-0.39, 0.29) is 11.8 Å². The zero-order chi connectivity index (χ0) is 20.4. The number of rotatable bonds is 4. The van der Waals surface area contributed by atoms with E-state index < -0.39 is 5.97 Å². The zero-order valence-electron chi connectivity index (χ0n) is 15.6. The summed E-state index contributed by atoms with van der Waals surface area (Å²) in [6.45, 7) is 1.75. The maximum atomic E-state index is 13.0. The van der Waals surface area contributed by atoms with Crippen LogP contribution in [-0.4, -0.2) is 5.97 Å². The quantitative estimate of drug-likeness (QED) is 0.329. The number of hydrogen-bond acceptors (Lipinski definition) is 4. The van der Waals surface area contributed by atoms with Crippen LogP contribution in [0.4, 0.5) is 0 Å². The number of halogens is 1. The molecule has 0 fully saturated rings. The van der Waals surface area contributed by atoms with E-state index in [1.54, 1.807) is 49.4 Å². The van der Waals surface area contributed by atoms with Crippen molar-refractivity contribution in [1.82, 2.24) is 0 Å². The summed E-state index contributed by atoms with van der Waals surface area (Å²) in [6.07, 6.45) is 0.116. The predicted molar refractivity (Wildman–Crippen MR) is 113 cm³/mol. The first-order chi connectivity index (χ1) is 14.0. The van der Waals surface area contributed by atoms with Gasteiger partial charge in [-0.05, 0) is 42.3 Å². The Morgan fingerprint density at radius 2 is 1.72 bits per heavy atom. The van der Waals surface area contributed by atoms with Crippen LogP contribution in [0.2, 0.25) is 5.02 Å². The van der Waals surface area contributed by atoms with Crippen LogP contribution < -0.4 is 10.2 Å². The van der Waals surface area contributed by atoms with Gasteiger partial charge in [0.05, 0.1) is 17.4 Å². The first-order valence-electron chi connectivity index (χ1n) is 9.09. The van der Waals surface area contributed by atoms with Gasteiger partial charge in [0.2, 0.25) is 5.43 Å². The van der Waals surface area contributed by atoms with E-state index >= 15 is 0 Å². The molecule has 5 heteroatoms. The third-order valence-electron chi connectivity index (χ3n) is 4.60. The number of aryl methyl sites for hydroxylation is 1. The van der Waals surface area contributed by atoms with Crippen LogP contribution in [0.25, 0.3) is 22.1 Å². The Morgan fingerprint density at radius 1 is 1.00 bits per heavy atom. The van der Waals surface area contributed by atoms with Crippen molar-refractivity contribution in [2.75, 3.05) is 0 Å². The molecule has 0 saturated heterocycles. The molecule has 0 N–H and O–H groups in total. The molecule has 0 radical (unpaired) electrons. The number of benzene rings is 3. The fourth-order valence-corrected chi connectivity index (χ4v) is 3.35. The fraction of sp³-hybridized carbons (Fsp3) is 0.0833. The lowest BCUT2D eigenvalue weighted by Gasteiger charge is -2.09. The number of hydrogen-bond donors (Lipinski definition) is 0. The van der Waals surface area contributed by atoms with Gasteiger partial charge in [-0.15, -0.1) is 0 Å². The van der Waals surface area contributed by atoms with Crippen molar-refractivity contribution < 1.29 is 13.9 Å². The second kappa shape index (κ2) is 7.94. The summed E-state index contributed by atoms with van der Waals surface area (Å²) in [6, 6.07) is 21.2. The van der Waals surface area contributed by atoms with Crippen molar-refractivity contribution in [3.63, 3.8) is 0 Å². The highest BCUT2D eigenvalue weighted by Crippen LogP contribution is 2.26. The molecule has 0 unspecified atom stereocenters. The molecule has 0 saturated carbocycles. The summed E-state index contributed by atoms with van der Waals surface area (Å²) < 4.78 is 11.3. The summed E-state index contributed by atoms with van der Waals surface area (Å²) in [4.78, 5) is 25.2. The van der Waals surface area contributed by atoms with E-state index in [4.69, 9.17) is 20.8 Å². The molecule has 0 spiro atoms. The molecule has 0 atom stereocenters. The average Bonchev–Trinajstić information content (AvgIpc) is 2.70. The summed E-state index contributed by atoms with van der Waals surface area (Å²) >= 11 is 5.86. The third-order valence-corrected chi connectivity index (χ3v) is 4.85. The van der Waals surface area contributed by atoms with E-state index in [0.29, 0.717) is 33.1 Å². The van der Waals surface area contributed by atoms with Crippen LogP contribution in [0.15, 0.2) is 82.0 Å². The van der Waals surface area contributed by atoms with Crippen molar-refractivity contribution in [3.05, 3.63) is 99.4 Å². The Bertz CT molecular complexity index is 1240. The minimum absolute atomic E-state index is 0.116. The van der Waals surface area contributed by atoms with Gasteiger partial charge in [0.15, 0.2) is 0 Å². The summed E-state index contributed by atoms with van der Waals surface area (Å²) in [7, 11) is 0. The molecule has 0 aliphatic heterocycles. The van der Waals surface area contributed by atoms with Gasteiger partial charge in [0, 0.05) is 11.1 Å². The molecule has 1 heterocycles. The van der Waals surface area contributed by atoms with Crippen molar-refractivity contribution in [2.24, 2.45) is 0 Å². The van der Waals surface area contributed by atoms with Crippen molar-refractivity contribution in [1.29, 1.82) is 0 Å². The Labute approximate surface area is 172 Å². The lowest BCUT2D eigenvalue weighted by molar-refractivity contribution is -0.133. The van der Waals surface area contributed by atoms with E-state index in [9.17, 15) is 9.59 Å². The third kappa shape index (κ3) is 4.08. The smallest absolute Gasteiger partial charge is 0.315 e. The summed E-state index contributed by atoms with van der Waals surface area (Å²) in [5.41, 5.74) is 2.40. The van der Waals surface area contributed by atoms with Gasteiger partial charge >= 0.3 is 5.97 Å². The number of fused-ring (bicyclic) bond motifs is 1. The van der Waals surface area contributed by atoms with Gasteiger partial charge in [0.1, 0.15) is 17.1 Å². The molecule has 0 bridgehead atoms. The summed E-state index contributed by atoms with van der Waals surface area (Å²) in [5, 5.41) is 1.05. The Kier molecular flexibility index (Phi) is 5.19. The van der Waals surface area contributed by atoms with Gasteiger partial charge in [-0.1, -0.05) is 54.1 Å². The SMILES string of the molecule is Cc1oc2cc(OC(=O)Cc3ccc(Cl)cc3)ccc2c(=O)c1-c1ccccc1. The van der Waals surface area contributed by atoms with E-state index in [1.165, 1.54) is 0 Å².